The fraction of sp³-hybridized carbons (Fsp3) is 0.333. The molecule has 0 bridgehead atoms. The van der Waals surface area contributed by atoms with E-state index in [0.29, 0.717) is 24.2 Å². The Kier molecular flexibility index (Phi) is 4.85. The van der Waals surface area contributed by atoms with Crippen molar-refractivity contribution in [2.45, 2.75) is 45.1 Å². The van der Waals surface area contributed by atoms with E-state index >= 15 is 0 Å². The number of carbonyl (C=O) groups excluding carboxylic acids is 2. The van der Waals surface area contributed by atoms with Gasteiger partial charge in [0.1, 0.15) is 11.5 Å². The summed E-state index contributed by atoms with van der Waals surface area (Å²) < 4.78 is 5.62. The number of Topliss-reactive ketones (excluding diaryl/α,β-unsaturated/α-hetero) is 2. The van der Waals surface area contributed by atoms with E-state index < -0.39 is 7.12 Å². The molecule has 2 N–H and O–H groups in total. The van der Waals surface area contributed by atoms with Crippen LogP contribution >= 0.6 is 0 Å². The molecule has 2 aromatic carbocycles. The predicted octanol–water partition coefficient (Wildman–Crippen LogP) is 2.48. The van der Waals surface area contributed by atoms with Gasteiger partial charge in [0, 0.05) is 31.7 Å². The van der Waals surface area contributed by atoms with Gasteiger partial charge in [-0.25, -0.2) is 0 Å². The summed E-state index contributed by atoms with van der Waals surface area (Å²) in [6.45, 7) is 3.21. The summed E-state index contributed by atoms with van der Waals surface area (Å²) in [4.78, 5) is 24.3. The van der Waals surface area contributed by atoms with Crippen LogP contribution in [0.2, 0.25) is 5.82 Å². The number of fused-ring (bicyclic) bond motifs is 2. The normalized spacial score (nSPS) is 17.9. The van der Waals surface area contributed by atoms with Crippen LogP contribution in [0.4, 0.5) is 0 Å². The Balaban J connectivity index is 1.44. The van der Waals surface area contributed by atoms with Crippen molar-refractivity contribution in [1.82, 2.24) is 5.32 Å². The number of ketones is 2. The van der Waals surface area contributed by atoms with Gasteiger partial charge in [0.05, 0.1) is 5.56 Å². The number of hydrogen-bond acceptors (Lipinski definition) is 5. The lowest BCUT2D eigenvalue weighted by Crippen LogP contribution is -2.36. The molecule has 138 valence electrons. The standard InChI is InChI=1S/C21H22BNO4/c1-13(24)20-4-2-3-15-9-18(22(26)27-21(15)20)10-19(25)8-14-5-6-16-11-23-12-17(16)7-14/h2-7,18,23,26H,8-12H2,1H3/t18-/m1/s1. The Morgan fingerprint density at radius 3 is 2.81 bits per heavy atom. The second-order valence-corrected chi connectivity index (χ2v) is 7.45. The van der Waals surface area contributed by atoms with Crippen molar-refractivity contribution in [2.24, 2.45) is 0 Å². The van der Waals surface area contributed by atoms with Crippen LogP contribution in [-0.2, 0) is 30.7 Å². The zero-order chi connectivity index (χ0) is 19.0. The zero-order valence-corrected chi connectivity index (χ0v) is 15.3. The first kappa shape index (κ1) is 18.0. The maximum Gasteiger partial charge on any atom is 0.526 e. The number of carbonyl (C=O) groups is 2. The van der Waals surface area contributed by atoms with Crippen molar-refractivity contribution < 1.29 is 19.3 Å². The molecule has 2 heterocycles. The van der Waals surface area contributed by atoms with E-state index in [-0.39, 0.29) is 23.8 Å². The highest BCUT2D eigenvalue weighted by Gasteiger charge is 2.37. The quantitative estimate of drug-likeness (QED) is 0.631. The lowest BCUT2D eigenvalue weighted by molar-refractivity contribution is -0.118. The van der Waals surface area contributed by atoms with E-state index in [2.05, 4.69) is 17.4 Å². The van der Waals surface area contributed by atoms with Gasteiger partial charge in [-0.15, -0.1) is 0 Å². The minimum absolute atomic E-state index is 0.0831. The van der Waals surface area contributed by atoms with Crippen LogP contribution in [0.25, 0.3) is 0 Å². The van der Waals surface area contributed by atoms with Gasteiger partial charge in [-0.05, 0) is 41.7 Å². The molecule has 0 aliphatic carbocycles. The third-order valence-corrected chi connectivity index (χ3v) is 5.39. The van der Waals surface area contributed by atoms with Crippen LogP contribution in [-0.4, -0.2) is 23.7 Å². The number of para-hydroxylation sites is 1. The van der Waals surface area contributed by atoms with E-state index in [1.807, 2.05) is 18.2 Å². The van der Waals surface area contributed by atoms with E-state index in [0.717, 1.165) is 24.2 Å². The number of nitrogens with one attached hydrogen (secondary N) is 1. The van der Waals surface area contributed by atoms with E-state index in [4.69, 9.17) is 4.65 Å². The van der Waals surface area contributed by atoms with Crippen molar-refractivity contribution in [2.75, 3.05) is 0 Å². The summed E-state index contributed by atoms with van der Waals surface area (Å²) in [5, 5.41) is 13.7. The van der Waals surface area contributed by atoms with Gasteiger partial charge in [-0.2, -0.15) is 0 Å². The molecule has 0 aromatic heterocycles. The van der Waals surface area contributed by atoms with Crippen molar-refractivity contribution in [3.8, 4) is 5.75 Å². The zero-order valence-electron chi connectivity index (χ0n) is 15.3. The molecule has 1 atom stereocenters. The second-order valence-electron chi connectivity index (χ2n) is 7.45. The summed E-state index contributed by atoms with van der Waals surface area (Å²) >= 11 is 0. The Morgan fingerprint density at radius 2 is 2.00 bits per heavy atom. The molecular weight excluding hydrogens is 341 g/mol. The molecular formula is C21H22BNO4. The van der Waals surface area contributed by atoms with Crippen LogP contribution in [0.3, 0.4) is 0 Å². The lowest BCUT2D eigenvalue weighted by atomic mass is 9.64. The van der Waals surface area contributed by atoms with Gasteiger partial charge in [0.25, 0.3) is 0 Å². The number of rotatable bonds is 5. The Labute approximate surface area is 158 Å². The van der Waals surface area contributed by atoms with Crippen molar-refractivity contribution in [1.29, 1.82) is 0 Å². The smallest absolute Gasteiger partial charge is 0.526 e. The first-order valence-corrected chi connectivity index (χ1v) is 9.32. The average Bonchev–Trinajstić information content (AvgIpc) is 3.09. The largest absolute Gasteiger partial charge is 0.535 e. The Bertz CT molecular complexity index is 911. The molecule has 0 saturated carbocycles. The molecule has 27 heavy (non-hydrogen) atoms. The molecule has 0 spiro atoms. The first-order chi connectivity index (χ1) is 13.0. The van der Waals surface area contributed by atoms with Gasteiger partial charge in [0.2, 0.25) is 0 Å². The maximum atomic E-state index is 12.6. The molecule has 4 rings (SSSR count). The van der Waals surface area contributed by atoms with Gasteiger partial charge < -0.3 is 15.0 Å². The summed E-state index contributed by atoms with van der Waals surface area (Å²) in [6, 6.07) is 11.6. The third kappa shape index (κ3) is 3.68. The first-order valence-electron chi connectivity index (χ1n) is 9.32. The lowest BCUT2D eigenvalue weighted by Gasteiger charge is -2.28. The average molecular weight is 363 g/mol. The van der Waals surface area contributed by atoms with E-state index in [9.17, 15) is 14.6 Å². The highest BCUT2D eigenvalue weighted by Crippen LogP contribution is 2.36. The minimum atomic E-state index is -1.08. The molecule has 0 amide bonds. The van der Waals surface area contributed by atoms with Crippen molar-refractivity contribution >= 4 is 18.7 Å². The van der Waals surface area contributed by atoms with E-state index in [1.54, 1.807) is 6.07 Å². The molecule has 0 radical (unpaired) electrons. The van der Waals surface area contributed by atoms with E-state index in [1.165, 1.54) is 18.1 Å². The summed E-state index contributed by atoms with van der Waals surface area (Å²) in [5.41, 5.74) is 4.90. The van der Waals surface area contributed by atoms with Crippen LogP contribution in [0.1, 0.15) is 46.0 Å². The molecule has 2 aliphatic rings. The van der Waals surface area contributed by atoms with Gasteiger partial charge in [0.15, 0.2) is 5.78 Å². The van der Waals surface area contributed by atoms with Gasteiger partial charge >= 0.3 is 7.12 Å². The van der Waals surface area contributed by atoms with Crippen LogP contribution < -0.4 is 9.97 Å². The molecule has 2 aliphatic heterocycles. The van der Waals surface area contributed by atoms with Gasteiger partial charge in [-0.3, -0.25) is 9.59 Å². The van der Waals surface area contributed by atoms with Crippen LogP contribution in [0, 0.1) is 0 Å². The van der Waals surface area contributed by atoms with Crippen LogP contribution in [0.5, 0.6) is 5.75 Å². The molecule has 0 fully saturated rings. The van der Waals surface area contributed by atoms with Crippen molar-refractivity contribution in [3.63, 3.8) is 0 Å². The topological polar surface area (TPSA) is 75.6 Å². The SMILES string of the molecule is CC(=O)c1cccc2c1OB(O)[C@@H](CC(=O)Cc1ccc3c(c1)CNC3)C2. The van der Waals surface area contributed by atoms with Crippen molar-refractivity contribution in [3.05, 3.63) is 64.2 Å². The molecule has 0 unspecified atom stereocenters. The molecule has 6 heteroatoms. The summed E-state index contributed by atoms with van der Waals surface area (Å²) in [6.07, 6.45) is 1.13. The Hall–Kier alpha value is -2.44. The number of hydrogen-bond donors (Lipinski definition) is 2. The molecule has 5 nitrogen and oxygen atoms in total. The summed E-state index contributed by atoms with van der Waals surface area (Å²) in [7, 11) is -1.08. The highest BCUT2D eigenvalue weighted by atomic mass is 16.5. The fourth-order valence-electron chi connectivity index (χ4n) is 3.99. The van der Waals surface area contributed by atoms with Gasteiger partial charge in [-0.1, -0.05) is 30.3 Å². The summed E-state index contributed by atoms with van der Waals surface area (Å²) in [5.74, 6) is 0.134. The number of benzene rings is 2. The highest BCUT2D eigenvalue weighted by molar-refractivity contribution is 6.47. The molecule has 2 aromatic rings. The maximum absolute atomic E-state index is 12.6. The fourth-order valence-corrected chi connectivity index (χ4v) is 3.99. The predicted molar refractivity (Wildman–Crippen MR) is 103 cm³/mol. The monoisotopic (exact) mass is 363 g/mol. The minimum Gasteiger partial charge on any atom is -0.535 e. The Morgan fingerprint density at radius 1 is 1.19 bits per heavy atom. The van der Waals surface area contributed by atoms with Crippen LogP contribution in [0.15, 0.2) is 36.4 Å². The second kappa shape index (κ2) is 7.29. The third-order valence-electron chi connectivity index (χ3n) is 5.39. The molecule has 0 saturated heterocycles.